The number of aliphatic hydroxyl groups is 1. The number of carbonyl (C=O) groups excluding carboxylic acids is 1. The molecule has 9 heteroatoms. The van der Waals surface area contributed by atoms with Crippen LogP contribution in [0.2, 0.25) is 0 Å². The Bertz CT molecular complexity index is 1170. The van der Waals surface area contributed by atoms with Crippen molar-refractivity contribution in [3.63, 3.8) is 0 Å². The van der Waals surface area contributed by atoms with E-state index in [1.807, 2.05) is 11.0 Å². The summed E-state index contributed by atoms with van der Waals surface area (Å²) < 4.78 is 45.7. The van der Waals surface area contributed by atoms with Crippen LogP contribution < -0.4 is 4.90 Å². The summed E-state index contributed by atoms with van der Waals surface area (Å²) in [6.45, 7) is 1.81. The van der Waals surface area contributed by atoms with Crippen molar-refractivity contribution in [1.82, 2.24) is 9.88 Å². The van der Waals surface area contributed by atoms with Gasteiger partial charge in [-0.05, 0) is 60.4 Å². The van der Waals surface area contributed by atoms with Crippen molar-refractivity contribution < 1.29 is 27.5 Å². The minimum absolute atomic E-state index is 0.0953. The molecule has 2 fully saturated rings. The standard InChI is InChI=1S/C26H26F3N3O3/c27-26(28,29)22-7-2-1-6-21(22)18-4-3-5-20(14-18)32-16-19(15-23(32)33)17-8-11-31(12-9-17)25(34)24-30-10-13-35-24/h1-7,10,13-14,17,19,23,33H,8-9,11-12,15-16H2. The Kier molecular flexibility index (Phi) is 6.27. The van der Waals surface area contributed by atoms with Crippen molar-refractivity contribution in [3.8, 4) is 11.1 Å². The summed E-state index contributed by atoms with van der Waals surface area (Å²) in [5, 5.41) is 10.8. The van der Waals surface area contributed by atoms with Crippen LogP contribution in [-0.4, -0.2) is 46.8 Å². The summed E-state index contributed by atoms with van der Waals surface area (Å²) >= 11 is 0. The first-order valence-electron chi connectivity index (χ1n) is 11.7. The molecule has 2 atom stereocenters. The molecule has 3 aromatic rings. The third-order valence-corrected chi connectivity index (χ3v) is 7.13. The molecule has 0 radical (unpaired) electrons. The molecule has 6 nitrogen and oxygen atoms in total. The van der Waals surface area contributed by atoms with Crippen LogP contribution in [0.15, 0.2) is 65.4 Å². The van der Waals surface area contributed by atoms with E-state index < -0.39 is 18.0 Å². The van der Waals surface area contributed by atoms with E-state index in [-0.39, 0.29) is 23.3 Å². The number of amides is 1. The van der Waals surface area contributed by atoms with Gasteiger partial charge >= 0.3 is 12.1 Å². The fraction of sp³-hybridized carbons (Fsp3) is 0.385. The molecule has 2 aromatic carbocycles. The SMILES string of the molecule is O=C(c1ncco1)N1CCC(C2CC(O)N(c3cccc(-c4ccccc4C(F)(F)F)c3)C2)CC1. The lowest BCUT2D eigenvalue weighted by atomic mass is 9.83. The molecule has 2 saturated heterocycles. The molecule has 184 valence electrons. The van der Waals surface area contributed by atoms with E-state index in [4.69, 9.17) is 4.42 Å². The first-order valence-corrected chi connectivity index (χ1v) is 11.7. The molecule has 0 bridgehead atoms. The highest BCUT2D eigenvalue weighted by Crippen LogP contribution is 2.40. The Labute approximate surface area is 201 Å². The van der Waals surface area contributed by atoms with Gasteiger partial charge in [0, 0.05) is 25.3 Å². The third kappa shape index (κ3) is 4.77. The zero-order chi connectivity index (χ0) is 24.6. The molecular weight excluding hydrogens is 459 g/mol. The van der Waals surface area contributed by atoms with Crippen LogP contribution in [0.25, 0.3) is 11.1 Å². The molecule has 2 aliphatic heterocycles. The lowest BCUT2D eigenvalue weighted by Gasteiger charge is -2.34. The van der Waals surface area contributed by atoms with Crippen molar-refractivity contribution >= 4 is 11.6 Å². The molecule has 5 rings (SSSR count). The summed E-state index contributed by atoms with van der Waals surface area (Å²) in [4.78, 5) is 20.0. The summed E-state index contributed by atoms with van der Waals surface area (Å²) in [7, 11) is 0. The van der Waals surface area contributed by atoms with Gasteiger partial charge in [0.2, 0.25) is 0 Å². The van der Waals surface area contributed by atoms with E-state index >= 15 is 0 Å². The van der Waals surface area contributed by atoms with E-state index in [1.54, 1.807) is 29.2 Å². The van der Waals surface area contributed by atoms with E-state index in [9.17, 15) is 23.1 Å². The number of halogens is 3. The molecule has 1 N–H and O–H groups in total. The average Bonchev–Trinajstić information content (AvgIpc) is 3.54. The van der Waals surface area contributed by atoms with Crippen molar-refractivity contribution in [2.75, 3.05) is 24.5 Å². The van der Waals surface area contributed by atoms with E-state index in [2.05, 4.69) is 4.98 Å². The molecule has 0 saturated carbocycles. The highest BCUT2D eigenvalue weighted by molar-refractivity contribution is 5.89. The number of rotatable bonds is 4. The number of anilines is 1. The molecule has 0 aliphatic carbocycles. The van der Waals surface area contributed by atoms with Crippen LogP contribution in [0.3, 0.4) is 0 Å². The van der Waals surface area contributed by atoms with Gasteiger partial charge in [0.25, 0.3) is 5.89 Å². The second-order valence-corrected chi connectivity index (χ2v) is 9.19. The minimum atomic E-state index is -4.45. The zero-order valence-electron chi connectivity index (χ0n) is 19.0. The van der Waals surface area contributed by atoms with Crippen LogP contribution >= 0.6 is 0 Å². The van der Waals surface area contributed by atoms with Gasteiger partial charge in [0.05, 0.1) is 11.8 Å². The van der Waals surface area contributed by atoms with Crippen molar-refractivity contribution in [3.05, 3.63) is 72.4 Å². The number of nitrogens with zero attached hydrogens (tertiary/aromatic N) is 3. The van der Waals surface area contributed by atoms with Crippen molar-refractivity contribution in [2.45, 2.75) is 31.7 Å². The Morgan fingerprint density at radius 1 is 1.06 bits per heavy atom. The van der Waals surface area contributed by atoms with E-state index in [0.29, 0.717) is 43.2 Å². The van der Waals surface area contributed by atoms with Crippen molar-refractivity contribution in [1.29, 1.82) is 0 Å². The quantitative estimate of drug-likeness (QED) is 0.560. The molecule has 1 aromatic heterocycles. The van der Waals surface area contributed by atoms with Gasteiger partial charge in [-0.25, -0.2) is 4.98 Å². The number of aliphatic hydroxyl groups excluding tert-OH is 1. The molecule has 3 heterocycles. The average molecular weight is 486 g/mol. The predicted octanol–water partition coefficient (Wildman–Crippen LogP) is 5.06. The summed E-state index contributed by atoms with van der Waals surface area (Å²) in [6.07, 6.45) is -0.111. The number of alkyl halides is 3. The molecule has 2 unspecified atom stereocenters. The fourth-order valence-corrected chi connectivity index (χ4v) is 5.34. The lowest BCUT2D eigenvalue weighted by Crippen LogP contribution is -2.40. The molecular formula is C26H26F3N3O3. The van der Waals surface area contributed by atoms with Gasteiger partial charge in [0.15, 0.2) is 0 Å². The molecule has 0 spiro atoms. The van der Waals surface area contributed by atoms with E-state index in [0.717, 1.165) is 18.9 Å². The van der Waals surface area contributed by atoms with Crippen LogP contribution in [0, 0.1) is 11.8 Å². The topological polar surface area (TPSA) is 69.8 Å². The normalized spacial score (nSPS) is 21.5. The number of piperidine rings is 1. The van der Waals surface area contributed by atoms with Crippen molar-refractivity contribution in [2.24, 2.45) is 11.8 Å². The maximum absolute atomic E-state index is 13.5. The summed E-state index contributed by atoms with van der Waals surface area (Å²) in [5.41, 5.74) is 0.605. The van der Waals surface area contributed by atoms with Crippen LogP contribution in [0.4, 0.5) is 18.9 Å². The number of carbonyl (C=O) groups is 1. The fourth-order valence-electron chi connectivity index (χ4n) is 5.34. The minimum Gasteiger partial charge on any atom is -0.441 e. The Hall–Kier alpha value is -3.33. The molecule has 35 heavy (non-hydrogen) atoms. The van der Waals surface area contributed by atoms with Gasteiger partial charge in [-0.1, -0.05) is 30.3 Å². The Balaban J connectivity index is 1.27. The number of hydrogen-bond donors (Lipinski definition) is 1. The van der Waals surface area contributed by atoms with Crippen LogP contribution in [-0.2, 0) is 6.18 Å². The maximum atomic E-state index is 13.5. The van der Waals surface area contributed by atoms with E-state index in [1.165, 1.54) is 24.6 Å². The largest absolute Gasteiger partial charge is 0.441 e. The second kappa shape index (κ2) is 9.37. The predicted molar refractivity (Wildman–Crippen MR) is 123 cm³/mol. The monoisotopic (exact) mass is 485 g/mol. The molecule has 2 aliphatic rings. The number of oxazole rings is 1. The highest BCUT2D eigenvalue weighted by atomic mass is 19.4. The zero-order valence-corrected chi connectivity index (χ0v) is 19.0. The number of aromatic nitrogens is 1. The first kappa shape index (κ1) is 23.4. The number of likely N-dealkylation sites (tertiary alicyclic amines) is 1. The third-order valence-electron chi connectivity index (χ3n) is 7.13. The van der Waals surface area contributed by atoms with Crippen LogP contribution in [0.5, 0.6) is 0 Å². The number of hydrogen-bond acceptors (Lipinski definition) is 5. The van der Waals surface area contributed by atoms with Gasteiger partial charge < -0.3 is 19.3 Å². The van der Waals surface area contributed by atoms with Crippen LogP contribution in [0.1, 0.15) is 35.5 Å². The smallest absolute Gasteiger partial charge is 0.417 e. The lowest BCUT2D eigenvalue weighted by molar-refractivity contribution is -0.137. The Morgan fingerprint density at radius 2 is 1.83 bits per heavy atom. The molecule has 1 amide bonds. The summed E-state index contributed by atoms with van der Waals surface area (Å²) in [6, 6.07) is 12.5. The summed E-state index contributed by atoms with van der Waals surface area (Å²) in [5.74, 6) is 0.461. The Morgan fingerprint density at radius 3 is 2.54 bits per heavy atom. The van der Waals surface area contributed by atoms with Gasteiger partial charge in [0.1, 0.15) is 12.5 Å². The van der Waals surface area contributed by atoms with Gasteiger partial charge in [-0.3, -0.25) is 4.79 Å². The number of benzene rings is 2. The van der Waals surface area contributed by atoms with Gasteiger partial charge in [-0.2, -0.15) is 13.2 Å². The maximum Gasteiger partial charge on any atom is 0.417 e. The van der Waals surface area contributed by atoms with Gasteiger partial charge in [-0.15, -0.1) is 0 Å². The highest BCUT2D eigenvalue weighted by Gasteiger charge is 2.38. The second-order valence-electron chi connectivity index (χ2n) is 9.19. The first-order chi connectivity index (χ1) is 16.8.